The van der Waals surface area contributed by atoms with Gasteiger partial charge in [-0.25, -0.2) is 8.42 Å². The molecule has 0 aliphatic rings. The lowest BCUT2D eigenvalue weighted by atomic mass is 9.99. The van der Waals surface area contributed by atoms with Crippen LogP contribution in [-0.4, -0.2) is 20.1 Å². The minimum Gasteiger partial charge on any atom is -0.345 e. The minimum atomic E-state index is -3.47. The summed E-state index contributed by atoms with van der Waals surface area (Å²) in [5.41, 5.74) is 1.17. The predicted octanol–water partition coefficient (Wildman–Crippen LogP) is 4.12. The zero-order valence-electron chi connectivity index (χ0n) is 14.8. The van der Waals surface area contributed by atoms with Crippen molar-refractivity contribution in [3.05, 3.63) is 77.9 Å². The van der Waals surface area contributed by atoms with Crippen LogP contribution in [0.3, 0.4) is 0 Å². The topological polar surface area (TPSA) is 63.2 Å². The molecule has 0 saturated heterocycles. The molecule has 0 spiro atoms. The molecule has 0 fully saturated rings. The minimum absolute atomic E-state index is 0.0455. The molecule has 3 aromatic rings. The Kier molecular flexibility index (Phi) is 5.09. The van der Waals surface area contributed by atoms with Gasteiger partial charge in [-0.1, -0.05) is 61.5 Å². The van der Waals surface area contributed by atoms with Crippen LogP contribution < -0.4 is 5.32 Å². The summed E-state index contributed by atoms with van der Waals surface area (Å²) in [7, 11) is -3.47. The fraction of sp³-hybridized carbons (Fsp3) is 0.190. The zero-order chi connectivity index (χ0) is 18.7. The lowest BCUT2D eigenvalue weighted by molar-refractivity contribution is 0.0937. The van der Waals surface area contributed by atoms with E-state index in [0.717, 1.165) is 16.3 Å². The van der Waals surface area contributed by atoms with Crippen LogP contribution in [0, 0.1) is 0 Å². The third-order valence-corrected chi connectivity index (χ3v) is 6.27. The van der Waals surface area contributed by atoms with E-state index in [1.54, 1.807) is 25.1 Å². The zero-order valence-corrected chi connectivity index (χ0v) is 15.6. The molecule has 1 N–H and O–H groups in total. The molecule has 5 heteroatoms. The summed E-state index contributed by atoms with van der Waals surface area (Å²) >= 11 is 0. The Hall–Kier alpha value is -2.66. The molecule has 1 amide bonds. The number of amides is 1. The average Bonchev–Trinajstić information content (AvgIpc) is 2.67. The van der Waals surface area contributed by atoms with Crippen molar-refractivity contribution in [1.82, 2.24) is 5.32 Å². The molecule has 1 atom stereocenters. The van der Waals surface area contributed by atoms with Crippen molar-refractivity contribution in [3.8, 4) is 0 Å². The van der Waals surface area contributed by atoms with E-state index >= 15 is 0 Å². The van der Waals surface area contributed by atoms with Crippen molar-refractivity contribution in [1.29, 1.82) is 0 Å². The van der Waals surface area contributed by atoms with Crippen LogP contribution in [0.4, 0.5) is 0 Å². The van der Waals surface area contributed by atoms with Crippen LogP contribution >= 0.6 is 0 Å². The summed E-state index contributed by atoms with van der Waals surface area (Å²) in [5, 5.41) is 5.10. The van der Waals surface area contributed by atoms with E-state index in [0.29, 0.717) is 0 Å². The number of carbonyl (C=O) groups is 1. The Balaban J connectivity index is 1.94. The van der Waals surface area contributed by atoms with E-state index in [9.17, 15) is 13.2 Å². The number of fused-ring (bicyclic) bond motifs is 1. The van der Waals surface area contributed by atoms with Gasteiger partial charge in [0.1, 0.15) is 0 Å². The highest BCUT2D eigenvalue weighted by Gasteiger charge is 2.22. The second-order valence-corrected chi connectivity index (χ2v) is 8.41. The van der Waals surface area contributed by atoms with E-state index in [1.165, 1.54) is 6.07 Å². The number of benzene rings is 3. The number of hydrogen-bond donors (Lipinski definition) is 1. The lowest BCUT2D eigenvalue weighted by Crippen LogP contribution is -2.28. The Morgan fingerprint density at radius 1 is 0.962 bits per heavy atom. The molecule has 0 aliphatic carbocycles. The van der Waals surface area contributed by atoms with Gasteiger partial charge in [-0.2, -0.15) is 0 Å². The maximum absolute atomic E-state index is 12.8. The first kappa shape index (κ1) is 18.1. The molecule has 0 heterocycles. The monoisotopic (exact) mass is 367 g/mol. The van der Waals surface area contributed by atoms with E-state index in [4.69, 9.17) is 0 Å². The first-order chi connectivity index (χ1) is 12.4. The quantitative estimate of drug-likeness (QED) is 0.738. The molecule has 0 aliphatic heterocycles. The predicted molar refractivity (Wildman–Crippen MR) is 104 cm³/mol. The van der Waals surface area contributed by atoms with Gasteiger partial charge in [0.15, 0.2) is 9.84 Å². The van der Waals surface area contributed by atoms with Crippen LogP contribution in [0.5, 0.6) is 0 Å². The van der Waals surface area contributed by atoms with Crippen molar-refractivity contribution < 1.29 is 13.2 Å². The van der Waals surface area contributed by atoms with Crippen LogP contribution in [0.15, 0.2) is 71.6 Å². The summed E-state index contributed by atoms with van der Waals surface area (Å²) in [6.45, 7) is 3.47. The van der Waals surface area contributed by atoms with Crippen molar-refractivity contribution in [2.45, 2.75) is 24.8 Å². The molecule has 4 nitrogen and oxygen atoms in total. The highest BCUT2D eigenvalue weighted by atomic mass is 32.2. The van der Waals surface area contributed by atoms with Gasteiger partial charge < -0.3 is 5.32 Å². The van der Waals surface area contributed by atoms with Crippen LogP contribution in [0.2, 0.25) is 0 Å². The maximum Gasteiger partial charge on any atom is 0.253 e. The Morgan fingerprint density at radius 2 is 1.62 bits per heavy atom. The largest absolute Gasteiger partial charge is 0.345 e. The van der Waals surface area contributed by atoms with E-state index in [-0.39, 0.29) is 22.3 Å². The Bertz CT molecular complexity index is 1050. The standard InChI is InChI=1S/C21H21NO3S/c1-3-26(24,25)20-14-7-6-12-19(20)21(23)22-15(2)17-13-8-10-16-9-4-5-11-18(16)17/h4-15H,3H2,1-2H3,(H,22,23)/t15-/m1/s1. The van der Waals surface area contributed by atoms with E-state index in [1.807, 2.05) is 49.4 Å². The second-order valence-electron chi connectivity index (χ2n) is 6.16. The van der Waals surface area contributed by atoms with Gasteiger partial charge in [-0.15, -0.1) is 0 Å². The molecule has 134 valence electrons. The third kappa shape index (κ3) is 3.48. The first-order valence-electron chi connectivity index (χ1n) is 8.54. The Morgan fingerprint density at radius 3 is 2.38 bits per heavy atom. The van der Waals surface area contributed by atoms with Gasteiger partial charge in [0.05, 0.1) is 22.3 Å². The lowest BCUT2D eigenvalue weighted by Gasteiger charge is -2.18. The summed E-state index contributed by atoms with van der Waals surface area (Å²) in [6.07, 6.45) is 0. The fourth-order valence-electron chi connectivity index (χ4n) is 3.06. The molecule has 3 rings (SSSR count). The fourth-order valence-corrected chi connectivity index (χ4v) is 4.15. The van der Waals surface area contributed by atoms with Crippen LogP contribution in [-0.2, 0) is 9.84 Å². The number of hydrogen-bond acceptors (Lipinski definition) is 3. The molecule has 3 aromatic carbocycles. The summed E-state index contributed by atoms with van der Waals surface area (Å²) in [4.78, 5) is 12.8. The van der Waals surface area contributed by atoms with Gasteiger partial charge in [-0.3, -0.25) is 4.79 Å². The number of nitrogens with one attached hydrogen (secondary N) is 1. The Labute approximate surface area is 153 Å². The van der Waals surface area contributed by atoms with E-state index < -0.39 is 15.7 Å². The normalized spacial score (nSPS) is 12.7. The molecule has 0 saturated carbocycles. The number of carbonyl (C=O) groups excluding carboxylic acids is 1. The van der Waals surface area contributed by atoms with Gasteiger partial charge in [0.2, 0.25) is 0 Å². The third-order valence-electron chi connectivity index (χ3n) is 4.48. The molecular weight excluding hydrogens is 346 g/mol. The van der Waals surface area contributed by atoms with Gasteiger partial charge in [-0.05, 0) is 35.4 Å². The average molecular weight is 367 g/mol. The van der Waals surface area contributed by atoms with Crippen molar-refractivity contribution in [2.24, 2.45) is 0 Å². The molecule has 0 unspecified atom stereocenters. The van der Waals surface area contributed by atoms with Crippen molar-refractivity contribution in [3.63, 3.8) is 0 Å². The van der Waals surface area contributed by atoms with E-state index in [2.05, 4.69) is 5.32 Å². The highest BCUT2D eigenvalue weighted by Crippen LogP contribution is 2.25. The summed E-state index contributed by atoms with van der Waals surface area (Å²) in [5.74, 6) is -0.436. The van der Waals surface area contributed by atoms with Gasteiger partial charge in [0, 0.05) is 0 Å². The molecule has 0 bridgehead atoms. The summed E-state index contributed by atoms with van der Waals surface area (Å²) in [6, 6.07) is 20.0. The smallest absolute Gasteiger partial charge is 0.253 e. The number of sulfone groups is 1. The summed E-state index contributed by atoms with van der Waals surface area (Å²) < 4.78 is 24.6. The molecule has 26 heavy (non-hydrogen) atoms. The van der Waals surface area contributed by atoms with Crippen LogP contribution in [0.25, 0.3) is 10.8 Å². The SMILES string of the molecule is CCS(=O)(=O)c1ccccc1C(=O)N[C@H](C)c1cccc2ccccc12. The van der Waals surface area contributed by atoms with Crippen molar-refractivity contribution >= 4 is 26.5 Å². The van der Waals surface area contributed by atoms with Crippen LogP contribution in [0.1, 0.15) is 35.8 Å². The molecule has 0 radical (unpaired) electrons. The number of rotatable bonds is 5. The maximum atomic E-state index is 12.8. The molecule has 0 aromatic heterocycles. The van der Waals surface area contributed by atoms with Gasteiger partial charge in [0.25, 0.3) is 5.91 Å². The van der Waals surface area contributed by atoms with Gasteiger partial charge >= 0.3 is 0 Å². The van der Waals surface area contributed by atoms with Crippen molar-refractivity contribution in [2.75, 3.05) is 5.75 Å². The highest BCUT2D eigenvalue weighted by molar-refractivity contribution is 7.91. The molecular formula is C21H21NO3S. The second kappa shape index (κ2) is 7.30. The first-order valence-corrected chi connectivity index (χ1v) is 10.2.